The van der Waals surface area contributed by atoms with Gasteiger partial charge in [0.15, 0.2) is 9.84 Å². The van der Waals surface area contributed by atoms with Crippen molar-refractivity contribution in [1.82, 2.24) is 14.7 Å². The molecule has 0 N–H and O–H groups in total. The molecule has 2 aromatic rings. The van der Waals surface area contributed by atoms with Crippen LogP contribution in [0.25, 0.3) is 0 Å². The lowest BCUT2D eigenvalue weighted by atomic mass is 10.2. The topological polar surface area (TPSA) is 72.3 Å². The number of sulfone groups is 1. The minimum atomic E-state index is -3.42. The van der Waals surface area contributed by atoms with E-state index < -0.39 is 9.84 Å². The van der Waals surface area contributed by atoms with E-state index in [1.165, 1.54) is 12.8 Å². The minimum absolute atomic E-state index is 0.0147. The predicted octanol–water partition coefficient (Wildman–Crippen LogP) is 1.97. The van der Waals surface area contributed by atoms with Crippen LogP contribution in [0.3, 0.4) is 0 Å². The van der Waals surface area contributed by atoms with Crippen LogP contribution in [-0.2, 0) is 27.7 Å². The molecule has 1 saturated carbocycles. The average molecular weight is 359 g/mol. The zero-order chi connectivity index (χ0) is 17.4. The molecule has 132 valence electrons. The Balaban J connectivity index is 1.38. The third kappa shape index (κ3) is 3.46. The van der Waals surface area contributed by atoms with Gasteiger partial charge in [-0.25, -0.2) is 8.42 Å². The molecule has 6 nitrogen and oxygen atoms in total. The molecule has 2 aliphatic rings. The van der Waals surface area contributed by atoms with E-state index in [-0.39, 0.29) is 23.0 Å². The van der Waals surface area contributed by atoms with Crippen molar-refractivity contribution in [3.8, 4) is 0 Å². The largest absolute Gasteiger partial charge is 0.335 e. The molecular weight excluding hydrogens is 338 g/mol. The highest BCUT2D eigenvalue weighted by molar-refractivity contribution is 7.91. The molecule has 0 bridgehead atoms. The van der Waals surface area contributed by atoms with Gasteiger partial charge in [-0.05, 0) is 31.0 Å². The summed E-state index contributed by atoms with van der Waals surface area (Å²) in [4.78, 5) is 14.5. The average Bonchev–Trinajstić information content (AvgIpc) is 3.39. The van der Waals surface area contributed by atoms with E-state index in [4.69, 9.17) is 0 Å². The van der Waals surface area contributed by atoms with Gasteiger partial charge in [-0.3, -0.25) is 9.48 Å². The van der Waals surface area contributed by atoms with E-state index in [0.29, 0.717) is 25.6 Å². The molecule has 0 saturated heterocycles. The summed E-state index contributed by atoms with van der Waals surface area (Å²) in [5.41, 5.74) is 2.18. The van der Waals surface area contributed by atoms with Gasteiger partial charge in [0.05, 0.1) is 35.1 Å². The molecule has 0 spiro atoms. The molecule has 0 radical (unpaired) electrons. The Labute approximate surface area is 147 Å². The van der Waals surface area contributed by atoms with Crippen LogP contribution in [0.1, 0.15) is 36.6 Å². The van der Waals surface area contributed by atoms with E-state index in [9.17, 15) is 13.2 Å². The van der Waals surface area contributed by atoms with Crippen molar-refractivity contribution in [2.24, 2.45) is 0 Å². The number of hydrogen-bond acceptors (Lipinski definition) is 4. The lowest BCUT2D eigenvalue weighted by Gasteiger charge is -2.27. The number of amides is 1. The Morgan fingerprint density at radius 2 is 1.92 bits per heavy atom. The van der Waals surface area contributed by atoms with Crippen LogP contribution in [0.15, 0.2) is 41.3 Å². The van der Waals surface area contributed by atoms with E-state index in [2.05, 4.69) is 11.2 Å². The number of hydrogen-bond donors (Lipinski definition) is 0. The second-order valence-corrected chi connectivity index (χ2v) is 8.86. The van der Waals surface area contributed by atoms with Gasteiger partial charge in [0.2, 0.25) is 5.91 Å². The third-order valence-corrected chi connectivity index (χ3v) is 6.58. The standard InChI is InChI=1S/C18H21N3O3S/c22-18(8-11-25(23,24)16-4-2-1-3-5-16)20-9-10-21-15(13-20)12-17(19-21)14-6-7-14/h1-5,12,14H,6-11,13H2. The number of carbonyl (C=O) groups excluding carboxylic acids is 1. The summed E-state index contributed by atoms with van der Waals surface area (Å²) < 4.78 is 26.6. The second kappa shape index (κ2) is 6.29. The Hall–Kier alpha value is -2.15. The Morgan fingerprint density at radius 3 is 2.64 bits per heavy atom. The fourth-order valence-corrected chi connectivity index (χ4v) is 4.46. The normalized spacial score (nSPS) is 17.4. The lowest BCUT2D eigenvalue weighted by Crippen LogP contribution is -2.39. The number of nitrogens with zero attached hydrogens (tertiary/aromatic N) is 3. The summed E-state index contributed by atoms with van der Waals surface area (Å²) >= 11 is 0. The molecule has 1 aromatic heterocycles. The Bertz CT molecular complexity index is 886. The number of carbonyl (C=O) groups is 1. The van der Waals surface area contributed by atoms with Crippen LogP contribution in [0.2, 0.25) is 0 Å². The maximum Gasteiger partial charge on any atom is 0.224 e. The molecule has 2 heterocycles. The third-order valence-electron chi connectivity index (χ3n) is 4.85. The summed E-state index contributed by atoms with van der Waals surface area (Å²) in [5.74, 6) is 0.331. The van der Waals surface area contributed by atoms with Crippen LogP contribution in [0, 0.1) is 0 Å². The van der Waals surface area contributed by atoms with Gasteiger partial charge < -0.3 is 4.90 Å². The van der Waals surface area contributed by atoms with E-state index in [0.717, 1.165) is 11.4 Å². The van der Waals surface area contributed by atoms with Crippen molar-refractivity contribution < 1.29 is 13.2 Å². The molecule has 7 heteroatoms. The molecular formula is C18H21N3O3S. The summed E-state index contributed by atoms with van der Waals surface area (Å²) in [7, 11) is -3.42. The van der Waals surface area contributed by atoms with Gasteiger partial charge in [-0.1, -0.05) is 18.2 Å². The maximum atomic E-state index is 12.5. The molecule has 1 aliphatic carbocycles. The Kier molecular flexibility index (Phi) is 4.11. The molecule has 1 aliphatic heterocycles. The van der Waals surface area contributed by atoms with Crippen molar-refractivity contribution in [1.29, 1.82) is 0 Å². The molecule has 25 heavy (non-hydrogen) atoms. The van der Waals surface area contributed by atoms with Gasteiger partial charge in [-0.15, -0.1) is 0 Å². The van der Waals surface area contributed by atoms with E-state index >= 15 is 0 Å². The van der Waals surface area contributed by atoms with Crippen molar-refractivity contribution in [2.75, 3.05) is 12.3 Å². The van der Waals surface area contributed by atoms with Gasteiger partial charge in [-0.2, -0.15) is 5.10 Å². The molecule has 1 fully saturated rings. The zero-order valence-electron chi connectivity index (χ0n) is 14.0. The highest BCUT2D eigenvalue weighted by atomic mass is 32.2. The number of benzene rings is 1. The molecule has 0 unspecified atom stereocenters. The van der Waals surface area contributed by atoms with E-state index in [1.54, 1.807) is 35.2 Å². The maximum absolute atomic E-state index is 12.5. The SMILES string of the molecule is O=C(CCS(=O)(=O)c1ccccc1)N1CCn2nc(C3CC3)cc2C1. The summed E-state index contributed by atoms with van der Waals surface area (Å²) in [6.07, 6.45) is 2.42. The van der Waals surface area contributed by atoms with Gasteiger partial charge in [0.25, 0.3) is 0 Å². The predicted molar refractivity (Wildman–Crippen MR) is 92.7 cm³/mol. The van der Waals surface area contributed by atoms with Crippen molar-refractivity contribution in [2.45, 2.75) is 43.2 Å². The van der Waals surface area contributed by atoms with Crippen molar-refractivity contribution in [3.05, 3.63) is 47.8 Å². The second-order valence-electron chi connectivity index (χ2n) is 6.76. The zero-order valence-corrected chi connectivity index (χ0v) is 14.8. The molecule has 1 amide bonds. The summed E-state index contributed by atoms with van der Waals surface area (Å²) in [5, 5.41) is 4.61. The van der Waals surface area contributed by atoms with Gasteiger partial charge in [0, 0.05) is 18.9 Å². The monoisotopic (exact) mass is 359 g/mol. The van der Waals surface area contributed by atoms with Crippen LogP contribution in [0.4, 0.5) is 0 Å². The first-order chi connectivity index (χ1) is 12.0. The van der Waals surface area contributed by atoms with Crippen LogP contribution >= 0.6 is 0 Å². The quantitative estimate of drug-likeness (QED) is 0.818. The highest BCUT2D eigenvalue weighted by Crippen LogP contribution is 2.39. The van der Waals surface area contributed by atoms with Crippen molar-refractivity contribution in [3.63, 3.8) is 0 Å². The fourth-order valence-electron chi connectivity index (χ4n) is 3.21. The lowest BCUT2D eigenvalue weighted by molar-refractivity contribution is -0.132. The molecule has 4 rings (SSSR count). The van der Waals surface area contributed by atoms with Crippen LogP contribution in [-0.4, -0.2) is 41.3 Å². The molecule has 0 atom stereocenters. The van der Waals surface area contributed by atoms with Crippen LogP contribution < -0.4 is 0 Å². The smallest absolute Gasteiger partial charge is 0.224 e. The first kappa shape index (κ1) is 16.3. The molecule has 1 aromatic carbocycles. The summed E-state index contributed by atoms with van der Waals surface area (Å²) in [6, 6.07) is 10.4. The highest BCUT2D eigenvalue weighted by Gasteiger charge is 2.30. The van der Waals surface area contributed by atoms with Gasteiger partial charge in [0.1, 0.15) is 0 Å². The fraction of sp³-hybridized carbons (Fsp3) is 0.444. The number of fused-ring (bicyclic) bond motifs is 1. The summed E-state index contributed by atoms with van der Waals surface area (Å²) in [6.45, 7) is 1.78. The first-order valence-corrected chi connectivity index (χ1v) is 10.3. The van der Waals surface area contributed by atoms with Crippen LogP contribution in [0.5, 0.6) is 0 Å². The van der Waals surface area contributed by atoms with Crippen molar-refractivity contribution >= 4 is 15.7 Å². The minimum Gasteiger partial charge on any atom is -0.335 e. The first-order valence-electron chi connectivity index (χ1n) is 8.65. The number of rotatable bonds is 5. The van der Waals surface area contributed by atoms with E-state index in [1.807, 2.05) is 4.68 Å². The Morgan fingerprint density at radius 1 is 1.16 bits per heavy atom. The number of aromatic nitrogens is 2. The van der Waals surface area contributed by atoms with Gasteiger partial charge >= 0.3 is 0 Å².